The van der Waals surface area contributed by atoms with Crippen LogP contribution in [0, 0.1) is 5.92 Å². The lowest BCUT2D eigenvalue weighted by atomic mass is 10.1. The Morgan fingerprint density at radius 3 is 2.48 bits per heavy atom. The zero-order valence-corrected chi connectivity index (χ0v) is 14.8. The van der Waals surface area contributed by atoms with Crippen molar-refractivity contribution < 1.29 is 14.3 Å². The third-order valence-electron chi connectivity index (χ3n) is 4.33. The van der Waals surface area contributed by atoms with Crippen LogP contribution in [-0.2, 0) is 11.2 Å². The number of ether oxygens (including phenoxy) is 2. The van der Waals surface area contributed by atoms with E-state index in [1.165, 1.54) is 12.8 Å². The molecule has 0 saturated heterocycles. The first kappa shape index (κ1) is 17.6. The van der Waals surface area contributed by atoms with Crippen LogP contribution < -0.4 is 9.47 Å². The number of rotatable bonds is 9. The highest BCUT2D eigenvalue weighted by Crippen LogP contribution is 2.30. The van der Waals surface area contributed by atoms with Crippen molar-refractivity contribution in [3.63, 3.8) is 0 Å². The van der Waals surface area contributed by atoms with E-state index in [2.05, 4.69) is 18.7 Å². The Balaban J connectivity index is 1.92. The van der Waals surface area contributed by atoms with Gasteiger partial charge in [-0.15, -0.1) is 0 Å². The monoisotopic (exact) mass is 319 g/mol. The smallest absolute Gasteiger partial charge is 0.223 e. The van der Waals surface area contributed by atoms with Gasteiger partial charge in [0.25, 0.3) is 0 Å². The topological polar surface area (TPSA) is 38.8 Å². The normalized spacial score (nSPS) is 14.0. The van der Waals surface area contributed by atoms with Gasteiger partial charge in [-0.1, -0.05) is 19.9 Å². The molecule has 0 atom stereocenters. The minimum atomic E-state index is 0.280. The van der Waals surface area contributed by atoms with Gasteiger partial charge >= 0.3 is 0 Å². The molecule has 1 amide bonds. The number of hydrogen-bond acceptors (Lipinski definition) is 3. The fourth-order valence-electron chi connectivity index (χ4n) is 2.73. The van der Waals surface area contributed by atoms with E-state index >= 15 is 0 Å². The highest BCUT2D eigenvalue weighted by atomic mass is 16.5. The van der Waals surface area contributed by atoms with Crippen molar-refractivity contribution >= 4 is 5.91 Å². The molecule has 4 nitrogen and oxygen atoms in total. The number of nitrogens with zero attached hydrogens (tertiary/aromatic N) is 1. The van der Waals surface area contributed by atoms with E-state index in [1.807, 2.05) is 18.2 Å². The molecule has 0 spiro atoms. The summed E-state index contributed by atoms with van der Waals surface area (Å²) >= 11 is 0. The number of aryl methyl sites for hydroxylation is 1. The van der Waals surface area contributed by atoms with E-state index in [-0.39, 0.29) is 5.91 Å². The van der Waals surface area contributed by atoms with Crippen LogP contribution in [0.4, 0.5) is 0 Å². The fraction of sp³-hybridized carbons (Fsp3) is 0.632. The Labute approximate surface area is 139 Å². The largest absolute Gasteiger partial charge is 0.493 e. The van der Waals surface area contributed by atoms with Crippen LogP contribution in [0.2, 0.25) is 0 Å². The molecular formula is C19H29NO3. The summed E-state index contributed by atoms with van der Waals surface area (Å²) < 4.78 is 10.6. The molecule has 1 aliphatic carbocycles. The molecule has 0 bridgehead atoms. The van der Waals surface area contributed by atoms with Crippen molar-refractivity contribution in [1.82, 2.24) is 4.90 Å². The molecule has 1 aromatic carbocycles. The van der Waals surface area contributed by atoms with E-state index in [0.29, 0.717) is 18.4 Å². The highest BCUT2D eigenvalue weighted by Gasteiger charge is 2.31. The first-order valence-electron chi connectivity index (χ1n) is 8.55. The molecule has 0 unspecified atom stereocenters. The maximum atomic E-state index is 12.6. The standard InChI is InChI=1S/C19H29NO3/c1-14(2)11-12-20(16-7-8-16)19(21)10-6-15-5-9-17(22-3)18(13-15)23-4/h5,9,13-14,16H,6-8,10-12H2,1-4H3. The van der Waals surface area contributed by atoms with Crippen molar-refractivity contribution in [3.8, 4) is 11.5 Å². The van der Waals surface area contributed by atoms with Gasteiger partial charge in [-0.2, -0.15) is 0 Å². The first-order chi connectivity index (χ1) is 11.0. The summed E-state index contributed by atoms with van der Waals surface area (Å²) in [4.78, 5) is 14.7. The minimum absolute atomic E-state index is 0.280. The Hall–Kier alpha value is -1.71. The van der Waals surface area contributed by atoms with Crippen LogP contribution in [0.25, 0.3) is 0 Å². The Kier molecular flexibility index (Phi) is 6.31. The molecule has 1 aliphatic rings. The maximum Gasteiger partial charge on any atom is 0.223 e. The first-order valence-corrected chi connectivity index (χ1v) is 8.55. The van der Waals surface area contributed by atoms with Gasteiger partial charge in [0.15, 0.2) is 11.5 Å². The van der Waals surface area contributed by atoms with Gasteiger partial charge in [-0.05, 0) is 49.3 Å². The van der Waals surface area contributed by atoms with E-state index in [0.717, 1.165) is 36.4 Å². The van der Waals surface area contributed by atoms with Gasteiger partial charge < -0.3 is 14.4 Å². The average Bonchev–Trinajstić information content (AvgIpc) is 3.37. The molecule has 0 heterocycles. The molecule has 0 N–H and O–H groups in total. The molecule has 1 aromatic rings. The average molecular weight is 319 g/mol. The number of benzene rings is 1. The van der Waals surface area contributed by atoms with Gasteiger partial charge in [0.05, 0.1) is 14.2 Å². The van der Waals surface area contributed by atoms with Gasteiger partial charge in [-0.3, -0.25) is 4.79 Å². The van der Waals surface area contributed by atoms with Gasteiger partial charge in [0.2, 0.25) is 5.91 Å². The zero-order valence-electron chi connectivity index (χ0n) is 14.8. The third-order valence-corrected chi connectivity index (χ3v) is 4.33. The van der Waals surface area contributed by atoms with Crippen LogP contribution >= 0.6 is 0 Å². The molecule has 0 aliphatic heterocycles. The van der Waals surface area contributed by atoms with Crippen LogP contribution in [0.1, 0.15) is 45.1 Å². The van der Waals surface area contributed by atoms with Gasteiger partial charge in [0.1, 0.15) is 0 Å². The second-order valence-corrected chi connectivity index (χ2v) is 6.69. The minimum Gasteiger partial charge on any atom is -0.493 e. The van der Waals surface area contributed by atoms with Crippen LogP contribution in [0.15, 0.2) is 18.2 Å². The highest BCUT2D eigenvalue weighted by molar-refractivity contribution is 5.77. The molecule has 2 rings (SSSR count). The second-order valence-electron chi connectivity index (χ2n) is 6.69. The molecule has 0 aromatic heterocycles. The van der Waals surface area contributed by atoms with Crippen LogP contribution in [-0.4, -0.2) is 37.6 Å². The Bertz CT molecular complexity index is 523. The van der Waals surface area contributed by atoms with Gasteiger partial charge in [0, 0.05) is 19.0 Å². The molecule has 128 valence electrons. The third kappa shape index (κ3) is 5.15. The summed E-state index contributed by atoms with van der Waals surface area (Å²) in [6.45, 7) is 5.31. The van der Waals surface area contributed by atoms with Crippen molar-refractivity contribution in [2.75, 3.05) is 20.8 Å². The van der Waals surface area contributed by atoms with Gasteiger partial charge in [-0.25, -0.2) is 0 Å². The predicted molar refractivity (Wildman–Crippen MR) is 92.1 cm³/mol. The van der Waals surface area contributed by atoms with E-state index in [9.17, 15) is 4.79 Å². The number of methoxy groups -OCH3 is 2. The number of carbonyl (C=O) groups excluding carboxylic acids is 1. The molecule has 1 fully saturated rings. The molecular weight excluding hydrogens is 290 g/mol. The summed E-state index contributed by atoms with van der Waals surface area (Å²) in [7, 11) is 3.26. The summed E-state index contributed by atoms with van der Waals surface area (Å²) in [6, 6.07) is 6.36. The summed E-state index contributed by atoms with van der Waals surface area (Å²) in [6.07, 6.45) is 4.72. The van der Waals surface area contributed by atoms with E-state index in [4.69, 9.17) is 9.47 Å². The predicted octanol–water partition coefficient (Wildman–Crippen LogP) is 3.67. The second kappa shape index (κ2) is 8.23. The number of amides is 1. The molecule has 0 radical (unpaired) electrons. The summed E-state index contributed by atoms with van der Waals surface area (Å²) in [5.74, 6) is 2.35. The van der Waals surface area contributed by atoms with Crippen LogP contribution in [0.3, 0.4) is 0 Å². The number of hydrogen-bond donors (Lipinski definition) is 0. The number of carbonyl (C=O) groups is 1. The summed E-state index contributed by atoms with van der Waals surface area (Å²) in [5.41, 5.74) is 1.11. The van der Waals surface area contributed by atoms with Crippen molar-refractivity contribution in [2.45, 2.75) is 52.0 Å². The van der Waals surface area contributed by atoms with Crippen LogP contribution in [0.5, 0.6) is 11.5 Å². The summed E-state index contributed by atoms with van der Waals surface area (Å²) in [5, 5.41) is 0. The van der Waals surface area contributed by atoms with E-state index in [1.54, 1.807) is 14.2 Å². The van der Waals surface area contributed by atoms with Crippen molar-refractivity contribution in [2.24, 2.45) is 5.92 Å². The lowest BCUT2D eigenvalue weighted by molar-refractivity contribution is -0.131. The van der Waals surface area contributed by atoms with Crippen molar-refractivity contribution in [3.05, 3.63) is 23.8 Å². The Morgan fingerprint density at radius 2 is 1.91 bits per heavy atom. The zero-order chi connectivity index (χ0) is 16.8. The molecule has 1 saturated carbocycles. The molecule has 23 heavy (non-hydrogen) atoms. The fourth-order valence-corrected chi connectivity index (χ4v) is 2.73. The SMILES string of the molecule is COc1ccc(CCC(=O)N(CCC(C)C)C2CC2)cc1OC. The Morgan fingerprint density at radius 1 is 1.22 bits per heavy atom. The van der Waals surface area contributed by atoms with E-state index < -0.39 is 0 Å². The lowest BCUT2D eigenvalue weighted by Crippen LogP contribution is -2.34. The van der Waals surface area contributed by atoms with Crippen molar-refractivity contribution in [1.29, 1.82) is 0 Å². The molecule has 4 heteroatoms. The maximum absolute atomic E-state index is 12.6. The quantitative estimate of drug-likeness (QED) is 0.697. The lowest BCUT2D eigenvalue weighted by Gasteiger charge is -2.23.